The Morgan fingerprint density at radius 1 is 1.25 bits per heavy atom. The Hall–Kier alpha value is -0.410. The second kappa shape index (κ2) is 4.81. The molecule has 2 unspecified atom stereocenters. The number of nitrogens with one attached hydrogen (secondary N) is 1. The molecule has 0 amide bonds. The Labute approximate surface area is 127 Å². The van der Waals surface area contributed by atoms with Crippen LogP contribution in [0.3, 0.4) is 0 Å². The van der Waals surface area contributed by atoms with Gasteiger partial charge in [0.2, 0.25) is 0 Å². The van der Waals surface area contributed by atoms with E-state index in [0.717, 1.165) is 18.4 Å². The highest BCUT2D eigenvalue weighted by Gasteiger charge is 2.53. The third-order valence-corrected chi connectivity index (χ3v) is 6.13. The minimum Gasteiger partial charge on any atom is -0.312 e. The number of hydrogen-bond acceptors (Lipinski definition) is 3. The van der Waals surface area contributed by atoms with Gasteiger partial charge in [-0.1, -0.05) is 0 Å². The molecule has 2 fully saturated rings. The van der Waals surface area contributed by atoms with Gasteiger partial charge in [-0.2, -0.15) is 0 Å². The highest BCUT2D eigenvalue weighted by atomic mass is 32.1. The van der Waals surface area contributed by atoms with Crippen molar-refractivity contribution in [3.8, 4) is 0 Å². The van der Waals surface area contributed by atoms with Crippen molar-refractivity contribution in [2.24, 2.45) is 17.3 Å². The monoisotopic (exact) mass is 292 g/mol. The van der Waals surface area contributed by atoms with Gasteiger partial charge in [-0.3, -0.25) is 0 Å². The molecular formula is C17H28N2S. The molecule has 0 spiro atoms. The lowest BCUT2D eigenvalue weighted by Gasteiger charge is -2.34. The van der Waals surface area contributed by atoms with Gasteiger partial charge in [0.15, 0.2) is 0 Å². The van der Waals surface area contributed by atoms with E-state index in [1.54, 1.807) is 0 Å². The Morgan fingerprint density at radius 3 is 2.40 bits per heavy atom. The molecule has 0 radical (unpaired) electrons. The van der Waals surface area contributed by atoms with Crippen molar-refractivity contribution in [2.75, 3.05) is 6.54 Å². The summed E-state index contributed by atoms with van der Waals surface area (Å²) in [5.41, 5.74) is 1.92. The smallest absolute Gasteiger partial charge is 0.0936 e. The third-order valence-electron chi connectivity index (χ3n) is 5.05. The van der Waals surface area contributed by atoms with E-state index in [4.69, 9.17) is 4.98 Å². The maximum absolute atomic E-state index is 4.79. The van der Waals surface area contributed by atoms with Gasteiger partial charge in [0.05, 0.1) is 10.7 Å². The van der Waals surface area contributed by atoms with Crippen LogP contribution in [-0.4, -0.2) is 17.1 Å². The first-order chi connectivity index (χ1) is 9.26. The highest BCUT2D eigenvalue weighted by molar-refractivity contribution is 7.11. The molecule has 2 atom stereocenters. The Bertz CT molecular complexity index is 468. The first-order valence-electron chi connectivity index (χ1n) is 7.94. The van der Waals surface area contributed by atoms with Crippen LogP contribution in [0.5, 0.6) is 0 Å². The maximum Gasteiger partial charge on any atom is 0.0936 e. The summed E-state index contributed by atoms with van der Waals surface area (Å²) >= 11 is 1.91. The van der Waals surface area contributed by atoms with Gasteiger partial charge in [-0.15, -0.1) is 11.3 Å². The minimum absolute atomic E-state index is 0.217. The second-order valence-electron chi connectivity index (χ2n) is 8.19. The summed E-state index contributed by atoms with van der Waals surface area (Å²) in [7, 11) is 0. The number of thiazole rings is 1. The summed E-state index contributed by atoms with van der Waals surface area (Å²) in [6.45, 7) is 12.3. The molecule has 0 bridgehead atoms. The maximum atomic E-state index is 4.79. The topological polar surface area (TPSA) is 24.9 Å². The molecule has 3 heteroatoms. The summed E-state index contributed by atoms with van der Waals surface area (Å²) in [4.78, 5) is 6.18. The van der Waals surface area contributed by atoms with Gasteiger partial charge in [-0.25, -0.2) is 4.98 Å². The fourth-order valence-corrected chi connectivity index (χ4v) is 4.85. The van der Waals surface area contributed by atoms with Gasteiger partial charge in [0.25, 0.3) is 0 Å². The van der Waals surface area contributed by atoms with Crippen LogP contribution in [0.2, 0.25) is 0 Å². The average Bonchev–Trinajstić information content (AvgIpc) is 2.81. The van der Waals surface area contributed by atoms with Crippen molar-refractivity contribution in [2.45, 2.75) is 65.8 Å². The summed E-state index contributed by atoms with van der Waals surface area (Å²) in [5, 5.41) is 5.12. The first-order valence-corrected chi connectivity index (χ1v) is 8.76. The predicted octanol–water partition coefficient (Wildman–Crippen LogP) is 4.11. The van der Waals surface area contributed by atoms with E-state index < -0.39 is 0 Å². The number of rotatable bonds is 4. The van der Waals surface area contributed by atoms with Gasteiger partial charge in [0.1, 0.15) is 0 Å². The number of aryl methyl sites for hydroxylation is 2. The van der Waals surface area contributed by atoms with E-state index in [0.29, 0.717) is 5.41 Å². The molecule has 2 saturated carbocycles. The zero-order valence-corrected chi connectivity index (χ0v) is 14.4. The molecule has 1 aromatic rings. The van der Waals surface area contributed by atoms with E-state index in [1.807, 2.05) is 11.3 Å². The summed E-state index contributed by atoms with van der Waals surface area (Å²) in [6, 6.07) is 0. The molecule has 20 heavy (non-hydrogen) atoms. The summed E-state index contributed by atoms with van der Waals surface area (Å²) < 4.78 is 0. The van der Waals surface area contributed by atoms with Crippen LogP contribution in [0.1, 0.15) is 55.6 Å². The molecule has 0 saturated heterocycles. The van der Waals surface area contributed by atoms with Gasteiger partial charge < -0.3 is 5.32 Å². The quantitative estimate of drug-likeness (QED) is 0.903. The molecule has 2 aliphatic rings. The van der Waals surface area contributed by atoms with E-state index >= 15 is 0 Å². The lowest BCUT2D eigenvalue weighted by molar-refractivity contribution is 0.222. The van der Waals surface area contributed by atoms with E-state index in [2.05, 4.69) is 39.9 Å². The zero-order valence-electron chi connectivity index (χ0n) is 13.5. The van der Waals surface area contributed by atoms with Crippen molar-refractivity contribution < 1.29 is 0 Å². The van der Waals surface area contributed by atoms with Crippen LogP contribution in [0.15, 0.2) is 0 Å². The van der Waals surface area contributed by atoms with Crippen LogP contribution in [-0.2, 0) is 6.42 Å². The van der Waals surface area contributed by atoms with Crippen LogP contribution < -0.4 is 5.32 Å². The van der Waals surface area contributed by atoms with Gasteiger partial charge in [0, 0.05) is 23.4 Å². The van der Waals surface area contributed by atoms with Crippen LogP contribution in [0, 0.1) is 31.1 Å². The Kier molecular flexibility index (Phi) is 3.49. The molecule has 112 valence electrons. The normalized spacial score (nSPS) is 32.5. The SMILES string of the molecule is Cc1nc(CC2(CNC(C)(C)C)CC3CC3C2)sc1C. The van der Waals surface area contributed by atoms with Crippen molar-refractivity contribution in [3.63, 3.8) is 0 Å². The van der Waals surface area contributed by atoms with E-state index in [9.17, 15) is 0 Å². The largest absolute Gasteiger partial charge is 0.312 e. The number of fused-ring (bicyclic) bond motifs is 1. The lowest BCUT2D eigenvalue weighted by atomic mass is 9.79. The summed E-state index contributed by atoms with van der Waals surface area (Å²) in [6.07, 6.45) is 5.51. The molecule has 1 aromatic heterocycles. The second-order valence-corrected chi connectivity index (χ2v) is 9.48. The molecule has 1 N–H and O–H groups in total. The van der Waals surface area contributed by atoms with Crippen molar-refractivity contribution in [3.05, 3.63) is 15.6 Å². The van der Waals surface area contributed by atoms with Crippen molar-refractivity contribution >= 4 is 11.3 Å². The van der Waals surface area contributed by atoms with E-state index in [1.165, 1.54) is 41.3 Å². The number of nitrogens with zero attached hydrogens (tertiary/aromatic N) is 1. The van der Waals surface area contributed by atoms with E-state index in [-0.39, 0.29) is 5.54 Å². The first kappa shape index (κ1) is 14.5. The van der Waals surface area contributed by atoms with Crippen LogP contribution >= 0.6 is 11.3 Å². The molecule has 3 rings (SSSR count). The third kappa shape index (κ3) is 3.09. The molecular weight excluding hydrogens is 264 g/mol. The number of aromatic nitrogens is 1. The van der Waals surface area contributed by atoms with Crippen LogP contribution in [0.25, 0.3) is 0 Å². The highest BCUT2D eigenvalue weighted by Crippen LogP contribution is 2.60. The molecule has 1 heterocycles. The number of hydrogen-bond donors (Lipinski definition) is 1. The van der Waals surface area contributed by atoms with Crippen molar-refractivity contribution in [1.29, 1.82) is 0 Å². The fourth-order valence-electron chi connectivity index (χ4n) is 3.75. The van der Waals surface area contributed by atoms with Gasteiger partial charge in [-0.05, 0) is 71.1 Å². The predicted molar refractivity (Wildman–Crippen MR) is 86.3 cm³/mol. The minimum atomic E-state index is 0.217. The van der Waals surface area contributed by atoms with Crippen molar-refractivity contribution in [1.82, 2.24) is 10.3 Å². The molecule has 0 aliphatic heterocycles. The molecule has 0 aromatic carbocycles. The van der Waals surface area contributed by atoms with Crippen LogP contribution in [0.4, 0.5) is 0 Å². The summed E-state index contributed by atoms with van der Waals surface area (Å²) in [5.74, 6) is 2.05. The zero-order chi connectivity index (χ0) is 14.5. The standard InChI is InChI=1S/C17H28N2S/c1-11-12(2)20-15(19-11)9-17(10-18-16(3,4)5)7-13-6-14(13)8-17/h13-14,18H,6-10H2,1-5H3. The average molecular weight is 292 g/mol. The molecule has 2 aliphatic carbocycles. The fraction of sp³-hybridized carbons (Fsp3) is 0.824. The Morgan fingerprint density at radius 2 is 1.90 bits per heavy atom. The Balaban J connectivity index is 1.72. The van der Waals surface area contributed by atoms with Gasteiger partial charge >= 0.3 is 0 Å². The lowest BCUT2D eigenvalue weighted by Crippen LogP contribution is -2.44. The molecule has 2 nitrogen and oxygen atoms in total.